The molecule has 0 spiro atoms. The highest BCUT2D eigenvalue weighted by Gasteiger charge is 2.40. The third-order valence-corrected chi connectivity index (χ3v) is 9.24. The Labute approximate surface area is 217 Å². The highest BCUT2D eigenvalue weighted by Crippen LogP contribution is 2.43. The summed E-state index contributed by atoms with van der Waals surface area (Å²) < 4.78 is 39.2. The van der Waals surface area contributed by atoms with Crippen molar-refractivity contribution in [2.75, 3.05) is 50.9 Å². The quantitative estimate of drug-likeness (QED) is 0.625. The van der Waals surface area contributed by atoms with Crippen molar-refractivity contribution >= 4 is 21.6 Å². The number of hydrogen-bond acceptors (Lipinski definition) is 8. The molecule has 2 saturated heterocycles. The van der Waals surface area contributed by atoms with Crippen LogP contribution in [0.2, 0.25) is 0 Å². The van der Waals surface area contributed by atoms with Gasteiger partial charge in [-0.25, -0.2) is 22.8 Å². The van der Waals surface area contributed by atoms with Gasteiger partial charge in [0.05, 0.1) is 22.6 Å². The molecule has 9 nitrogen and oxygen atoms in total. The number of sulfone groups is 1. The predicted molar refractivity (Wildman–Crippen MR) is 137 cm³/mol. The van der Waals surface area contributed by atoms with Gasteiger partial charge in [-0.15, -0.1) is 0 Å². The SMILES string of the molecule is C[C@@H]1C[C@@H](O)c2ncnc(N3CCN(C(=O)[C@@H](c4ccc(S(C)(=O)=O)cc4F)[C@@H]4CCCN4C)CC3)c21. The Bertz CT molecular complexity index is 1300. The summed E-state index contributed by atoms with van der Waals surface area (Å²) in [4.78, 5) is 28.7. The van der Waals surface area contributed by atoms with Crippen molar-refractivity contribution in [2.24, 2.45) is 0 Å². The number of halogens is 1. The molecule has 0 bridgehead atoms. The van der Waals surface area contributed by atoms with Gasteiger partial charge in [-0.1, -0.05) is 13.0 Å². The molecule has 37 heavy (non-hydrogen) atoms. The van der Waals surface area contributed by atoms with E-state index in [9.17, 15) is 18.3 Å². The number of hydrogen-bond donors (Lipinski definition) is 1. The van der Waals surface area contributed by atoms with Crippen molar-refractivity contribution in [2.45, 2.75) is 55.1 Å². The van der Waals surface area contributed by atoms with E-state index in [1.165, 1.54) is 18.5 Å². The molecule has 0 radical (unpaired) electrons. The van der Waals surface area contributed by atoms with Crippen LogP contribution in [0, 0.1) is 5.82 Å². The Morgan fingerprint density at radius 2 is 1.89 bits per heavy atom. The van der Waals surface area contributed by atoms with Crippen LogP contribution in [0.15, 0.2) is 29.4 Å². The molecule has 2 aromatic rings. The molecule has 1 aromatic carbocycles. The van der Waals surface area contributed by atoms with Crippen molar-refractivity contribution < 1.29 is 22.7 Å². The summed E-state index contributed by atoms with van der Waals surface area (Å²) in [6, 6.07) is 3.74. The molecule has 0 saturated carbocycles. The zero-order chi connectivity index (χ0) is 26.5. The third-order valence-electron chi connectivity index (χ3n) is 8.13. The van der Waals surface area contributed by atoms with Crippen molar-refractivity contribution in [3.63, 3.8) is 0 Å². The van der Waals surface area contributed by atoms with Gasteiger partial charge in [0.25, 0.3) is 0 Å². The number of likely N-dealkylation sites (tertiary alicyclic amines) is 1. The lowest BCUT2D eigenvalue weighted by Gasteiger charge is -2.39. The molecule has 2 fully saturated rings. The lowest BCUT2D eigenvalue weighted by Crippen LogP contribution is -2.52. The van der Waals surface area contributed by atoms with Crippen LogP contribution in [0.3, 0.4) is 0 Å². The van der Waals surface area contributed by atoms with E-state index >= 15 is 4.39 Å². The lowest BCUT2D eigenvalue weighted by atomic mass is 9.88. The number of aromatic nitrogens is 2. The normalized spacial score (nSPS) is 25.4. The van der Waals surface area contributed by atoms with Crippen molar-refractivity contribution in [1.82, 2.24) is 19.8 Å². The minimum absolute atomic E-state index is 0.0925. The van der Waals surface area contributed by atoms with Crippen LogP contribution >= 0.6 is 0 Å². The number of benzene rings is 1. The second kappa shape index (κ2) is 9.92. The fourth-order valence-electron chi connectivity index (χ4n) is 6.14. The molecule has 2 aliphatic heterocycles. The summed E-state index contributed by atoms with van der Waals surface area (Å²) in [6.07, 6.45) is 4.27. The van der Waals surface area contributed by atoms with Crippen LogP contribution in [0.1, 0.15) is 60.9 Å². The van der Waals surface area contributed by atoms with E-state index in [0.29, 0.717) is 38.3 Å². The van der Waals surface area contributed by atoms with Gasteiger partial charge in [0.2, 0.25) is 5.91 Å². The van der Waals surface area contributed by atoms with E-state index in [0.717, 1.165) is 43.1 Å². The summed E-state index contributed by atoms with van der Waals surface area (Å²) in [6.45, 7) is 4.96. The molecule has 200 valence electrons. The number of rotatable bonds is 5. The van der Waals surface area contributed by atoms with E-state index < -0.39 is 27.7 Å². The summed E-state index contributed by atoms with van der Waals surface area (Å²) in [5, 5.41) is 10.3. The van der Waals surface area contributed by atoms with Gasteiger partial charge < -0.3 is 19.8 Å². The average molecular weight is 532 g/mol. The number of nitrogens with zero attached hydrogens (tertiary/aromatic N) is 5. The molecule has 1 amide bonds. The molecule has 1 aliphatic carbocycles. The van der Waals surface area contributed by atoms with Gasteiger partial charge in [0.15, 0.2) is 9.84 Å². The first-order chi connectivity index (χ1) is 17.6. The number of piperazine rings is 1. The van der Waals surface area contributed by atoms with E-state index in [4.69, 9.17) is 0 Å². The number of fused-ring (bicyclic) bond motifs is 1. The molecule has 3 heterocycles. The number of anilines is 1. The molecule has 11 heteroatoms. The van der Waals surface area contributed by atoms with E-state index in [-0.39, 0.29) is 28.3 Å². The Kier molecular flexibility index (Phi) is 6.97. The number of amides is 1. The van der Waals surface area contributed by atoms with Crippen LogP contribution in [0.5, 0.6) is 0 Å². The number of carbonyl (C=O) groups is 1. The van der Waals surface area contributed by atoms with Gasteiger partial charge in [0.1, 0.15) is 18.0 Å². The number of aliphatic hydroxyl groups excluding tert-OH is 1. The zero-order valence-corrected chi connectivity index (χ0v) is 22.3. The molecular weight excluding hydrogens is 497 g/mol. The summed E-state index contributed by atoms with van der Waals surface area (Å²) in [5.41, 5.74) is 1.91. The van der Waals surface area contributed by atoms with Crippen LogP contribution < -0.4 is 4.90 Å². The standard InChI is InChI=1S/C26H34FN5O4S/c1-16-13-21(33)24-22(16)25(29-15-28-24)31-9-11-32(12-10-31)26(34)23(20-5-4-8-30(20)2)18-7-6-17(14-19(18)27)37(3,35)36/h6-7,14-16,20-21,23,33H,4-5,8-13H2,1-3H3/t16-,20+,21-,23+/m1/s1. The van der Waals surface area contributed by atoms with Crippen molar-refractivity contribution in [3.8, 4) is 0 Å². The molecular formula is C26H34FN5O4S. The second-order valence-corrected chi connectivity index (χ2v) is 12.6. The zero-order valence-electron chi connectivity index (χ0n) is 21.5. The number of aliphatic hydroxyl groups is 1. The monoisotopic (exact) mass is 531 g/mol. The second-order valence-electron chi connectivity index (χ2n) is 10.6. The minimum Gasteiger partial charge on any atom is -0.387 e. The van der Waals surface area contributed by atoms with Crippen molar-refractivity contribution in [1.29, 1.82) is 0 Å². The Morgan fingerprint density at radius 3 is 2.51 bits per heavy atom. The summed E-state index contributed by atoms with van der Waals surface area (Å²) in [5.74, 6) is -0.548. The molecule has 0 unspecified atom stereocenters. The third kappa shape index (κ3) is 4.84. The highest BCUT2D eigenvalue weighted by atomic mass is 32.2. The van der Waals surface area contributed by atoms with Gasteiger partial charge >= 0.3 is 0 Å². The van der Waals surface area contributed by atoms with Gasteiger partial charge in [0, 0.05) is 49.6 Å². The Balaban J connectivity index is 1.38. The van der Waals surface area contributed by atoms with Crippen LogP contribution in [0.25, 0.3) is 0 Å². The minimum atomic E-state index is -3.56. The highest BCUT2D eigenvalue weighted by molar-refractivity contribution is 7.90. The Morgan fingerprint density at radius 1 is 1.16 bits per heavy atom. The fraction of sp³-hybridized carbons (Fsp3) is 0.577. The molecule has 4 atom stereocenters. The molecule has 5 rings (SSSR count). The van der Waals surface area contributed by atoms with Crippen LogP contribution in [-0.4, -0.2) is 91.3 Å². The van der Waals surface area contributed by atoms with E-state index in [2.05, 4.69) is 26.7 Å². The largest absolute Gasteiger partial charge is 0.387 e. The maximum Gasteiger partial charge on any atom is 0.231 e. The summed E-state index contributed by atoms with van der Waals surface area (Å²) in [7, 11) is -1.61. The lowest BCUT2D eigenvalue weighted by molar-refractivity contribution is -0.134. The van der Waals surface area contributed by atoms with Crippen molar-refractivity contribution in [3.05, 3.63) is 47.2 Å². The topological polar surface area (TPSA) is 107 Å². The maximum atomic E-state index is 15.3. The average Bonchev–Trinajstić information content (AvgIpc) is 3.41. The first kappa shape index (κ1) is 26.0. The number of carbonyl (C=O) groups excluding carboxylic acids is 1. The first-order valence-corrected chi connectivity index (χ1v) is 14.7. The summed E-state index contributed by atoms with van der Waals surface area (Å²) >= 11 is 0. The molecule has 3 aliphatic rings. The van der Waals surface area contributed by atoms with Crippen LogP contribution in [-0.2, 0) is 14.6 Å². The van der Waals surface area contributed by atoms with Crippen LogP contribution in [0.4, 0.5) is 10.2 Å². The molecule has 1 N–H and O–H groups in total. The molecule has 1 aromatic heterocycles. The maximum absolute atomic E-state index is 15.3. The predicted octanol–water partition coefficient (Wildman–Crippen LogP) is 2.09. The van der Waals surface area contributed by atoms with E-state index in [1.54, 1.807) is 4.90 Å². The van der Waals surface area contributed by atoms with E-state index in [1.807, 2.05) is 7.05 Å². The fourth-order valence-corrected chi connectivity index (χ4v) is 6.78. The van der Waals surface area contributed by atoms with Gasteiger partial charge in [-0.2, -0.15) is 0 Å². The smallest absolute Gasteiger partial charge is 0.231 e. The van der Waals surface area contributed by atoms with Gasteiger partial charge in [-0.05, 0) is 50.9 Å². The Hall–Kier alpha value is -2.63. The van der Waals surface area contributed by atoms with Gasteiger partial charge in [-0.3, -0.25) is 4.79 Å². The number of likely N-dealkylation sites (N-methyl/N-ethyl adjacent to an activating group) is 1. The first-order valence-electron chi connectivity index (χ1n) is 12.8.